The number of benzene rings is 1. The molecule has 1 aromatic carbocycles. The zero-order chi connectivity index (χ0) is 15.8. The van der Waals surface area contributed by atoms with E-state index in [1.54, 1.807) is 0 Å². The number of carboxylic acid groups (broad SMARTS) is 4. The third kappa shape index (κ3) is 2.13. The lowest BCUT2D eigenvalue weighted by Crippen LogP contribution is -2.22. The van der Waals surface area contributed by atoms with Gasteiger partial charge in [0.2, 0.25) is 0 Å². The number of halogens is 2. The van der Waals surface area contributed by atoms with Crippen molar-refractivity contribution >= 4 is 23.9 Å². The van der Waals surface area contributed by atoms with Crippen molar-refractivity contribution in [3.63, 3.8) is 0 Å². The molecular weight excluding hydrogens is 286 g/mol. The minimum atomic E-state index is -2.25. The Morgan fingerprint density at radius 3 is 0.800 bits per heavy atom. The number of hydrogen-bond donors (Lipinski definition) is 4. The maximum Gasteiger partial charge on any atom is 0.339 e. The van der Waals surface area contributed by atoms with E-state index in [1.807, 2.05) is 0 Å². The van der Waals surface area contributed by atoms with Crippen LogP contribution in [-0.4, -0.2) is 44.3 Å². The highest BCUT2D eigenvalue weighted by Gasteiger charge is 2.36. The van der Waals surface area contributed by atoms with Crippen LogP contribution in [0.25, 0.3) is 0 Å². The van der Waals surface area contributed by atoms with Gasteiger partial charge in [0.05, 0.1) is 0 Å². The smallest absolute Gasteiger partial charge is 0.339 e. The van der Waals surface area contributed by atoms with Crippen molar-refractivity contribution in [1.29, 1.82) is 0 Å². The van der Waals surface area contributed by atoms with Gasteiger partial charge in [0.25, 0.3) is 0 Å². The fraction of sp³-hybridized carbons (Fsp3) is 0. The first kappa shape index (κ1) is 15.0. The summed E-state index contributed by atoms with van der Waals surface area (Å²) in [5.74, 6) is -13.3. The van der Waals surface area contributed by atoms with Crippen LogP contribution in [0, 0.1) is 11.6 Å². The maximum absolute atomic E-state index is 13.7. The third-order valence-electron chi connectivity index (χ3n) is 2.23. The molecule has 0 aliphatic heterocycles. The normalized spacial score (nSPS) is 10.1. The van der Waals surface area contributed by atoms with Gasteiger partial charge in [-0.15, -0.1) is 0 Å². The Balaban J connectivity index is 4.10. The van der Waals surface area contributed by atoms with Crippen LogP contribution in [0.4, 0.5) is 8.78 Å². The summed E-state index contributed by atoms with van der Waals surface area (Å²) < 4.78 is 27.5. The van der Waals surface area contributed by atoms with Crippen LogP contribution in [0.1, 0.15) is 41.4 Å². The van der Waals surface area contributed by atoms with E-state index in [4.69, 9.17) is 20.4 Å². The van der Waals surface area contributed by atoms with Crippen molar-refractivity contribution in [3.05, 3.63) is 33.9 Å². The van der Waals surface area contributed by atoms with Crippen molar-refractivity contribution in [2.24, 2.45) is 0 Å². The molecule has 0 saturated carbocycles. The summed E-state index contributed by atoms with van der Waals surface area (Å²) in [6, 6.07) is 0. The van der Waals surface area contributed by atoms with Crippen molar-refractivity contribution in [2.45, 2.75) is 0 Å². The van der Waals surface area contributed by atoms with E-state index < -0.39 is 57.8 Å². The second-order valence-corrected chi connectivity index (χ2v) is 3.35. The number of carbonyl (C=O) groups is 4. The molecule has 0 aromatic heterocycles. The summed E-state index contributed by atoms with van der Waals surface area (Å²) in [5.41, 5.74) is -7.07. The number of aromatic carboxylic acids is 4. The molecule has 0 heterocycles. The predicted octanol–water partition coefficient (Wildman–Crippen LogP) is 0.758. The van der Waals surface area contributed by atoms with Crippen molar-refractivity contribution in [3.8, 4) is 0 Å². The Morgan fingerprint density at radius 1 is 0.550 bits per heavy atom. The van der Waals surface area contributed by atoms with Crippen LogP contribution in [0.5, 0.6) is 0 Å². The van der Waals surface area contributed by atoms with E-state index in [2.05, 4.69) is 0 Å². The Hall–Kier alpha value is -3.04. The second kappa shape index (κ2) is 4.91. The third-order valence-corrected chi connectivity index (χ3v) is 2.23. The van der Waals surface area contributed by atoms with Crippen LogP contribution in [0.3, 0.4) is 0 Å². The molecule has 106 valence electrons. The average molecular weight is 290 g/mol. The molecule has 0 unspecified atom stereocenters. The van der Waals surface area contributed by atoms with Crippen LogP contribution < -0.4 is 0 Å². The summed E-state index contributed by atoms with van der Waals surface area (Å²) in [6.45, 7) is 0. The Morgan fingerprint density at radius 2 is 0.700 bits per heavy atom. The van der Waals surface area contributed by atoms with Crippen molar-refractivity contribution < 1.29 is 48.4 Å². The van der Waals surface area contributed by atoms with Gasteiger partial charge in [-0.25, -0.2) is 28.0 Å². The molecule has 0 radical (unpaired) electrons. The van der Waals surface area contributed by atoms with E-state index in [-0.39, 0.29) is 0 Å². The summed E-state index contributed by atoms with van der Waals surface area (Å²) in [6.07, 6.45) is 0. The molecule has 1 rings (SSSR count). The quantitative estimate of drug-likeness (QED) is 0.634. The lowest BCUT2D eigenvalue weighted by atomic mass is 9.96. The van der Waals surface area contributed by atoms with Gasteiger partial charge in [-0.1, -0.05) is 0 Å². The number of hydrogen-bond acceptors (Lipinski definition) is 4. The van der Waals surface area contributed by atoms with Gasteiger partial charge in [-0.2, -0.15) is 0 Å². The monoisotopic (exact) mass is 290 g/mol. The van der Waals surface area contributed by atoms with Crippen LogP contribution in [0.2, 0.25) is 0 Å². The first-order valence-electron chi connectivity index (χ1n) is 4.59. The molecule has 0 bridgehead atoms. The maximum atomic E-state index is 13.7. The largest absolute Gasteiger partial charge is 0.478 e. The molecule has 0 amide bonds. The van der Waals surface area contributed by atoms with Crippen LogP contribution >= 0.6 is 0 Å². The van der Waals surface area contributed by atoms with Gasteiger partial charge in [-0.3, -0.25) is 0 Å². The molecular formula is C10H4F2O8. The minimum absolute atomic E-state index is 1.77. The predicted molar refractivity (Wildman–Crippen MR) is 54.2 cm³/mol. The lowest BCUT2D eigenvalue weighted by Gasteiger charge is -2.11. The Labute approximate surface area is 107 Å². The van der Waals surface area contributed by atoms with Gasteiger partial charge in [0, 0.05) is 0 Å². The van der Waals surface area contributed by atoms with Crippen molar-refractivity contribution in [1.82, 2.24) is 0 Å². The second-order valence-electron chi connectivity index (χ2n) is 3.35. The summed E-state index contributed by atoms with van der Waals surface area (Å²) in [5, 5.41) is 34.6. The Kier molecular flexibility index (Phi) is 3.69. The van der Waals surface area contributed by atoms with Gasteiger partial charge >= 0.3 is 23.9 Å². The lowest BCUT2D eigenvalue weighted by molar-refractivity contribution is 0.0618. The SMILES string of the molecule is O=C(O)c1c(F)c(C(=O)O)c(C(=O)O)c(F)c1C(=O)O. The molecule has 1 aromatic rings. The highest BCUT2D eigenvalue weighted by atomic mass is 19.1. The zero-order valence-electron chi connectivity index (χ0n) is 9.18. The highest BCUT2D eigenvalue weighted by Crippen LogP contribution is 2.27. The standard InChI is InChI=1S/C10H4F2O8/c11-5-1(7(13)14)2(8(15)16)6(12)4(10(19)20)3(5)9(17)18/h(H,13,14)(H,15,16)(H,17,18)(H,19,20). The van der Waals surface area contributed by atoms with Crippen LogP contribution in [0.15, 0.2) is 0 Å². The van der Waals surface area contributed by atoms with Gasteiger partial charge < -0.3 is 20.4 Å². The van der Waals surface area contributed by atoms with Crippen LogP contribution in [-0.2, 0) is 0 Å². The van der Waals surface area contributed by atoms with Gasteiger partial charge in [-0.05, 0) is 0 Å². The fourth-order valence-corrected chi connectivity index (χ4v) is 1.49. The van der Waals surface area contributed by atoms with E-state index in [0.717, 1.165) is 0 Å². The molecule has 0 spiro atoms. The summed E-state index contributed by atoms with van der Waals surface area (Å²) >= 11 is 0. The van der Waals surface area contributed by atoms with Gasteiger partial charge in [0.15, 0.2) is 11.6 Å². The number of carboxylic acids is 4. The Bertz CT molecular complexity index is 554. The molecule has 4 N–H and O–H groups in total. The van der Waals surface area contributed by atoms with E-state index in [1.165, 1.54) is 0 Å². The molecule has 0 aliphatic carbocycles. The van der Waals surface area contributed by atoms with Gasteiger partial charge in [0.1, 0.15) is 22.3 Å². The molecule has 8 nitrogen and oxygen atoms in total. The molecule has 0 atom stereocenters. The molecule has 0 fully saturated rings. The average Bonchev–Trinajstić information content (AvgIpc) is 2.28. The molecule has 0 aliphatic rings. The first-order valence-corrected chi connectivity index (χ1v) is 4.59. The first-order chi connectivity index (χ1) is 9.11. The summed E-state index contributed by atoms with van der Waals surface area (Å²) in [4.78, 5) is 43.0. The minimum Gasteiger partial charge on any atom is -0.478 e. The fourth-order valence-electron chi connectivity index (χ4n) is 1.49. The molecule has 10 heteroatoms. The van der Waals surface area contributed by atoms with E-state index in [9.17, 15) is 28.0 Å². The molecule has 20 heavy (non-hydrogen) atoms. The van der Waals surface area contributed by atoms with Crippen molar-refractivity contribution in [2.75, 3.05) is 0 Å². The highest BCUT2D eigenvalue weighted by molar-refractivity contribution is 6.09. The summed E-state index contributed by atoms with van der Waals surface area (Å²) in [7, 11) is 0. The zero-order valence-corrected chi connectivity index (χ0v) is 9.18. The number of rotatable bonds is 4. The van der Waals surface area contributed by atoms with E-state index >= 15 is 0 Å². The topological polar surface area (TPSA) is 149 Å². The molecule has 0 saturated heterocycles. The van der Waals surface area contributed by atoms with E-state index in [0.29, 0.717) is 0 Å².